The van der Waals surface area contributed by atoms with E-state index in [2.05, 4.69) is 15.2 Å². The summed E-state index contributed by atoms with van der Waals surface area (Å²) in [7, 11) is 0. The number of fused-ring (bicyclic) bond motifs is 2. The maximum atomic E-state index is 12.2. The van der Waals surface area contributed by atoms with Gasteiger partial charge in [0.2, 0.25) is 6.79 Å². The van der Waals surface area contributed by atoms with E-state index in [1.807, 2.05) is 0 Å². The van der Waals surface area contributed by atoms with Crippen molar-refractivity contribution in [1.29, 1.82) is 0 Å². The van der Waals surface area contributed by atoms with E-state index in [-0.39, 0.29) is 36.3 Å². The lowest BCUT2D eigenvalue weighted by Crippen LogP contribution is -2.05. The highest BCUT2D eigenvalue weighted by atomic mass is 16.7. The minimum absolute atomic E-state index is 0.0298. The number of carbonyl (C=O) groups excluding carboxylic acids is 1. The van der Waals surface area contributed by atoms with Crippen molar-refractivity contribution in [2.45, 2.75) is 6.92 Å². The lowest BCUT2D eigenvalue weighted by atomic mass is 10.3. The van der Waals surface area contributed by atoms with Crippen molar-refractivity contribution in [1.82, 2.24) is 9.38 Å². The third-order valence-corrected chi connectivity index (χ3v) is 3.69. The highest BCUT2D eigenvalue weighted by molar-refractivity contribution is 5.93. The Bertz CT molecular complexity index is 1030. The van der Waals surface area contributed by atoms with E-state index in [1.165, 1.54) is 10.5 Å². The molecule has 2 aromatic heterocycles. The highest BCUT2D eigenvalue weighted by Gasteiger charge is 2.22. The zero-order valence-electron chi connectivity index (χ0n) is 13.7. The minimum atomic E-state index is -0.643. The van der Waals surface area contributed by atoms with Gasteiger partial charge in [0.1, 0.15) is 0 Å². The summed E-state index contributed by atoms with van der Waals surface area (Å²) >= 11 is 0. The number of esters is 1. The normalized spacial score (nSPS) is 12.8. The Hall–Kier alpha value is -3.62. The van der Waals surface area contributed by atoms with Crippen molar-refractivity contribution in [2.24, 2.45) is 10.2 Å². The highest BCUT2D eigenvalue weighted by Crippen LogP contribution is 2.36. The van der Waals surface area contributed by atoms with Crippen LogP contribution in [0.3, 0.4) is 0 Å². The number of aromatic nitrogens is 2. The molecule has 9 nitrogen and oxygen atoms in total. The molecule has 0 atom stereocenters. The van der Waals surface area contributed by atoms with Gasteiger partial charge in [-0.2, -0.15) is 0 Å². The number of nitrogens with zero attached hydrogens (tertiary/aromatic N) is 4. The molecular formula is C17H14N4O5. The number of aromatic hydroxyl groups is 1. The molecular weight excluding hydrogens is 340 g/mol. The summed E-state index contributed by atoms with van der Waals surface area (Å²) in [6.45, 7) is 2.05. The Balaban J connectivity index is 1.78. The molecule has 4 rings (SSSR count). The lowest BCUT2D eigenvalue weighted by molar-refractivity contribution is 0.0521. The molecule has 0 spiro atoms. The molecule has 0 aliphatic carbocycles. The number of hydrogen-bond donors (Lipinski definition) is 1. The zero-order valence-corrected chi connectivity index (χ0v) is 13.7. The summed E-state index contributed by atoms with van der Waals surface area (Å²) in [5, 5.41) is 18.3. The van der Waals surface area contributed by atoms with Gasteiger partial charge in [-0.15, -0.1) is 10.2 Å². The molecule has 1 aliphatic heterocycles. The van der Waals surface area contributed by atoms with E-state index in [0.717, 1.165) is 0 Å². The van der Waals surface area contributed by atoms with E-state index >= 15 is 0 Å². The van der Waals surface area contributed by atoms with Crippen LogP contribution < -0.4 is 9.47 Å². The number of pyridine rings is 1. The van der Waals surface area contributed by atoms with Gasteiger partial charge < -0.3 is 19.3 Å². The molecule has 1 aromatic carbocycles. The summed E-state index contributed by atoms with van der Waals surface area (Å²) in [6.07, 6.45) is 1.62. The van der Waals surface area contributed by atoms with E-state index in [0.29, 0.717) is 17.2 Å². The minimum Gasteiger partial charge on any atom is -0.504 e. The lowest BCUT2D eigenvalue weighted by Gasteiger charge is -2.00. The van der Waals surface area contributed by atoms with Crippen LogP contribution in [0.5, 0.6) is 17.2 Å². The third kappa shape index (κ3) is 2.69. The van der Waals surface area contributed by atoms with Crippen LogP contribution in [0, 0.1) is 0 Å². The fourth-order valence-corrected chi connectivity index (χ4v) is 2.53. The summed E-state index contributed by atoms with van der Waals surface area (Å²) < 4.78 is 17.0. The number of ether oxygens (including phenoxy) is 3. The Labute approximate surface area is 147 Å². The number of hydrogen-bond acceptors (Lipinski definition) is 8. The van der Waals surface area contributed by atoms with Gasteiger partial charge in [-0.25, -0.2) is 9.78 Å². The molecule has 1 N–H and O–H groups in total. The van der Waals surface area contributed by atoms with Crippen LogP contribution in [0.25, 0.3) is 5.65 Å². The van der Waals surface area contributed by atoms with Gasteiger partial charge in [-0.3, -0.25) is 4.40 Å². The average molecular weight is 354 g/mol. The summed E-state index contributed by atoms with van der Waals surface area (Å²) in [5.74, 6) is 0.642. The number of rotatable bonds is 4. The standard InChI is InChI=1S/C17H14N4O5/c1-2-24-17(23)14-16(21-7-3-4-11(22)15(21)18-14)20-19-10-5-6-12-13(8-10)26-9-25-12/h3-8,22H,2,9H2,1H3. The SMILES string of the molecule is CCOC(=O)c1nc2c(O)cccn2c1N=Nc1ccc2c(c1)OCO2. The molecule has 0 bridgehead atoms. The van der Waals surface area contributed by atoms with Crippen LogP contribution in [-0.4, -0.2) is 33.9 Å². The quantitative estimate of drug-likeness (QED) is 0.569. The van der Waals surface area contributed by atoms with Gasteiger partial charge >= 0.3 is 5.97 Å². The zero-order chi connectivity index (χ0) is 18.1. The molecule has 0 amide bonds. The van der Waals surface area contributed by atoms with Crippen LogP contribution in [0.4, 0.5) is 11.5 Å². The molecule has 1 aliphatic rings. The van der Waals surface area contributed by atoms with Crippen LogP contribution in [0.1, 0.15) is 17.4 Å². The number of benzene rings is 1. The molecule has 3 heterocycles. The monoisotopic (exact) mass is 354 g/mol. The van der Waals surface area contributed by atoms with Crippen molar-refractivity contribution >= 4 is 23.1 Å². The Morgan fingerprint density at radius 3 is 3.00 bits per heavy atom. The second-order valence-electron chi connectivity index (χ2n) is 5.33. The van der Waals surface area contributed by atoms with E-state index < -0.39 is 5.97 Å². The number of carbonyl (C=O) groups is 1. The molecule has 0 fully saturated rings. The van der Waals surface area contributed by atoms with Crippen molar-refractivity contribution in [3.8, 4) is 17.2 Å². The van der Waals surface area contributed by atoms with Crippen molar-refractivity contribution < 1.29 is 24.1 Å². The molecule has 0 unspecified atom stereocenters. The average Bonchev–Trinajstić information content (AvgIpc) is 3.25. The Morgan fingerprint density at radius 1 is 1.31 bits per heavy atom. The first-order valence-corrected chi connectivity index (χ1v) is 7.86. The molecule has 0 saturated heterocycles. The predicted molar refractivity (Wildman–Crippen MR) is 89.6 cm³/mol. The smallest absolute Gasteiger partial charge is 0.360 e. The number of azo groups is 1. The van der Waals surface area contributed by atoms with Gasteiger partial charge in [-0.05, 0) is 31.2 Å². The molecule has 9 heteroatoms. The van der Waals surface area contributed by atoms with Crippen molar-refractivity contribution in [3.63, 3.8) is 0 Å². The molecule has 3 aromatic rings. The molecule has 26 heavy (non-hydrogen) atoms. The van der Waals surface area contributed by atoms with Crippen LogP contribution in [0.15, 0.2) is 46.8 Å². The second-order valence-corrected chi connectivity index (χ2v) is 5.33. The first-order valence-electron chi connectivity index (χ1n) is 7.86. The van der Waals surface area contributed by atoms with Crippen LogP contribution in [-0.2, 0) is 4.74 Å². The molecule has 0 saturated carbocycles. The van der Waals surface area contributed by atoms with Crippen LogP contribution >= 0.6 is 0 Å². The second kappa shape index (κ2) is 6.36. The van der Waals surface area contributed by atoms with Crippen molar-refractivity contribution in [2.75, 3.05) is 13.4 Å². The van der Waals surface area contributed by atoms with Gasteiger partial charge in [0.05, 0.1) is 12.3 Å². The van der Waals surface area contributed by atoms with E-state index in [4.69, 9.17) is 14.2 Å². The summed E-state index contributed by atoms with van der Waals surface area (Å²) in [5.41, 5.74) is 0.673. The first kappa shape index (κ1) is 15.9. The van der Waals surface area contributed by atoms with Crippen LogP contribution in [0.2, 0.25) is 0 Å². The maximum absolute atomic E-state index is 12.2. The molecule has 0 radical (unpaired) electrons. The summed E-state index contributed by atoms with van der Waals surface area (Å²) in [6, 6.07) is 8.19. The Morgan fingerprint density at radius 2 is 2.15 bits per heavy atom. The van der Waals surface area contributed by atoms with E-state index in [9.17, 15) is 9.90 Å². The van der Waals surface area contributed by atoms with Gasteiger partial charge in [-0.1, -0.05) is 0 Å². The first-order chi connectivity index (χ1) is 12.7. The fraction of sp³-hybridized carbons (Fsp3) is 0.176. The predicted octanol–water partition coefficient (Wildman–Crippen LogP) is 3.36. The molecule has 132 valence electrons. The maximum Gasteiger partial charge on any atom is 0.360 e. The van der Waals surface area contributed by atoms with Crippen molar-refractivity contribution in [3.05, 3.63) is 42.2 Å². The third-order valence-electron chi connectivity index (χ3n) is 3.69. The summed E-state index contributed by atoms with van der Waals surface area (Å²) in [4.78, 5) is 16.3. The Kier molecular flexibility index (Phi) is 3.88. The van der Waals surface area contributed by atoms with Gasteiger partial charge in [0.15, 0.2) is 34.4 Å². The topological polar surface area (TPSA) is 107 Å². The van der Waals surface area contributed by atoms with Gasteiger partial charge in [0.25, 0.3) is 0 Å². The largest absolute Gasteiger partial charge is 0.504 e. The fourth-order valence-electron chi connectivity index (χ4n) is 2.53. The van der Waals surface area contributed by atoms with E-state index in [1.54, 1.807) is 37.4 Å². The van der Waals surface area contributed by atoms with Gasteiger partial charge in [0, 0.05) is 12.3 Å². The number of imidazole rings is 1.